The second-order valence-electron chi connectivity index (χ2n) is 13.7. The number of carbonyl (C=O) groups is 1. The Bertz CT molecular complexity index is 1480. The summed E-state index contributed by atoms with van der Waals surface area (Å²) in [6.07, 6.45) is 23.2. The predicted octanol–water partition coefficient (Wildman–Crippen LogP) is 5.63. The number of halogens is 1. The maximum Gasteiger partial charge on any atom is 0.219 e. The van der Waals surface area contributed by atoms with Crippen LogP contribution in [0.4, 0.5) is 11.4 Å². The molecule has 2 heterocycles. The van der Waals surface area contributed by atoms with Crippen LogP contribution in [0, 0.1) is 0 Å². The summed E-state index contributed by atoms with van der Waals surface area (Å²) >= 11 is 0. The molecule has 254 valence electrons. The standard InChI is InChI=1S/C41H56N4O.BrH/c1-6-7-31-44-35-24-17-15-22-33(35)40(2,3)37(44)26-12-9-8-10-13-27-38-41(4,5)34-23-16-18-25-36(34)45(38)32-21-11-14-28-39(46)43-30-20-19-29-42;/h8-10,12-13,15-18,22-27H,6-7,11,14,19-21,28-32,42H2,1-5H3;1H. The van der Waals surface area contributed by atoms with E-state index in [-0.39, 0.29) is 33.7 Å². The van der Waals surface area contributed by atoms with Crippen molar-refractivity contribution in [3.05, 3.63) is 108 Å². The molecule has 0 atom stereocenters. The van der Waals surface area contributed by atoms with Crippen LogP contribution in [-0.4, -0.2) is 42.4 Å². The van der Waals surface area contributed by atoms with Gasteiger partial charge in [-0.25, -0.2) is 0 Å². The number of allylic oxidation sites excluding steroid dienone is 8. The quantitative estimate of drug-likeness (QED) is 0.128. The molecule has 4 rings (SSSR count). The molecule has 0 aromatic heterocycles. The first kappa shape index (κ1) is 38.2. The maximum absolute atomic E-state index is 12.2. The van der Waals surface area contributed by atoms with Crippen LogP contribution < -0.4 is 32.9 Å². The minimum atomic E-state index is -0.0738. The van der Waals surface area contributed by atoms with Gasteiger partial charge in [-0.3, -0.25) is 4.79 Å². The fourth-order valence-corrected chi connectivity index (χ4v) is 6.88. The second kappa shape index (κ2) is 18.4. The van der Waals surface area contributed by atoms with Gasteiger partial charge in [-0.15, -0.1) is 0 Å². The average Bonchev–Trinajstić information content (AvgIpc) is 3.40. The number of anilines is 1. The van der Waals surface area contributed by atoms with Crippen LogP contribution in [0.1, 0.15) is 97.1 Å². The van der Waals surface area contributed by atoms with Crippen molar-refractivity contribution in [1.82, 2.24) is 5.32 Å². The van der Waals surface area contributed by atoms with Crippen LogP contribution in [0.3, 0.4) is 0 Å². The third-order valence-corrected chi connectivity index (χ3v) is 9.53. The molecule has 47 heavy (non-hydrogen) atoms. The average molecular weight is 702 g/mol. The zero-order valence-corrected chi connectivity index (χ0v) is 31.0. The Balaban J connectivity index is 0.00000600. The summed E-state index contributed by atoms with van der Waals surface area (Å²) < 4.78 is 2.48. The lowest BCUT2D eigenvalue weighted by Crippen LogP contribution is -3.00. The highest BCUT2D eigenvalue weighted by atomic mass is 79.9. The lowest BCUT2D eigenvalue weighted by atomic mass is 9.81. The number of carbonyl (C=O) groups excluding carboxylic acids is 1. The first-order valence-electron chi connectivity index (χ1n) is 17.5. The Morgan fingerprint density at radius 3 is 2.30 bits per heavy atom. The molecule has 0 spiro atoms. The van der Waals surface area contributed by atoms with Gasteiger partial charge in [0.1, 0.15) is 6.54 Å². The van der Waals surface area contributed by atoms with E-state index in [1.807, 2.05) is 0 Å². The SMILES string of the molecule is CCCCN1/C(=C/C=C/C=C/C=C/C2=[N+](CCCCCC(=O)NCCCCN)c3ccccc3C2(C)C)C(C)(C)c2ccccc21.[Br-]. The zero-order chi connectivity index (χ0) is 33.0. The number of nitrogens with two attached hydrogens (primary N) is 1. The van der Waals surface area contributed by atoms with Crippen LogP contribution in [0.25, 0.3) is 0 Å². The summed E-state index contributed by atoms with van der Waals surface area (Å²) in [5.41, 5.74) is 13.6. The van der Waals surface area contributed by atoms with Crippen molar-refractivity contribution in [3.8, 4) is 0 Å². The van der Waals surface area contributed by atoms with Gasteiger partial charge in [-0.1, -0.05) is 94.0 Å². The van der Waals surface area contributed by atoms with Crippen molar-refractivity contribution in [2.24, 2.45) is 5.73 Å². The topological polar surface area (TPSA) is 61.4 Å². The van der Waals surface area contributed by atoms with Gasteiger partial charge >= 0.3 is 0 Å². The van der Waals surface area contributed by atoms with Crippen LogP contribution >= 0.6 is 0 Å². The van der Waals surface area contributed by atoms with E-state index in [2.05, 4.69) is 140 Å². The molecule has 0 aliphatic carbocycles. The van der Waals surface area contributed by atoms with E-state index in [1.165, 1.54) is 46.8 Å². The van der Waals surface area contributed by atoms with E-state index >= 15 is 0 Å². The van der Waals surface area contributed by atoms with Crippen molar-refractivity contribution in [2.75, 3.05) is 31.1 Å². The van der Waals surface area contributed by atoms with Crippen LogP contribution in [0.15, 0.2) is 96.8 Å². The molecule has 2 aliphatic heterocycles. The molecular formula is C41H57BrN4O. The van der Waals surface area contributed by atoms with Gasteiger partial charge < -0.3 is 32.9 Å². The van der Waals surface area contributed by atoms with Gasteiger partial charge in [0.25, 0.3) is 0 Å². The van der Waals surface area contributed by atoms with E-state index in [0.717, 1.165) is 51.7 Å². The summed E-state index contributed by atoms with van der Waals surface area (Å²) in [7, 11) is 0. The van der Waals surface area contributed by atoms with E-state index in [4.69, 9.17) is 5.73 Å². The third kappa shape index (κ3) is 9.45. The highest BCUT2D eigenvalue weighted by Gasteiger charge is 2.43. The fraction of sp³-hybridized carbons (Fsp3) is 0.463. The summed E-state index contributed by atoms with van der Waals surface area (Å²) in [4.78, 5) is 14.7. The van der Waals surface area contributed by atoms with Crippen molar-refractivity contribution < 1.29 is 26.4 Å². The molecule has 6 heteroatoms. The van der Waals surface area contributed by atoms with Crippen molar-refractivity contribution >= 4 is 23.0 Å². The molecule has 0 radical (unpaired) electrons. The molecule has 2 aromatic rings. The minimum absolute atomic E-state index is 0. The Hall–Kier alpha value is -3.22. The molecule has 5 nitrogen and oxygen atoms in total. The number of rotatable bonds is 17. The number of hydrogen-bond acceptors (Lipinski definition) is 3. The molecule has 0 saturated carbocycles. The van der Waals surface area contributed by atoms with Gasteiger partial charge in [-0.05, 0) is 70.2 Å². The Morgan fingerprint density at radius 1 is 0.830 bits per heavy atom. The number of para-hydroxylation sites is 2. The van der Waals surface area contributed by atoms with E-state index in [9.17, 15) is 4.79 Å². The fourth-order valence-electron chi connectivity index (χ4n) is 6.88. The number of nitrogens with zero attached hydrogens (tertiary/aromatic N) is 2. The summed E-state index contributed by atoms with van der Waals surface area (Å²) in [5.74, 6) is 0.155. The predicted molar refractivity (Wildman–Crippen MR) is 196 cm³/mol. The van der Waals surface area contributed by atoms with Gasteiger partial charge in [0.2, 0.25) is 11.6 Å². The monoisotopic (exact) mass is 700 g/mol. The molecule has 0 fully saturated rings. The lowest BCUT2D eigenvalue weighted by Gasteiger charge is -2.27. The lowest BCUT2D eigenvalue weighted by molar-refractivity contribution is -0.438. The first-order valence-corrected chi connectivity index (χ1v) is 17.5. The summed E-state index contributed by atoms with van der Waals surface area (Å²) in [6, 6.07) is 17.6. The molecule has 0 unspecified atom stereocenters. The van der Waals surface area contributed by atoms with Crippen LogP contribution in [0.5, 0.6) is 0 Å². The molecule has 1 amide bonds. The Morgan fingerprint density at radius 2 is 1.53 bits per heavy atom. The van der Waals surface area contributed by atoms with Gasteiger partial charge in [0, 0.05) is 60.4 Å². The molecule has 0 saturated heterocycles. The van der Waals surface area contributed by atoms with E-state index in [0.29, 0.717) is 13.0 Å². The van der Waals surface area contributed by atoms with Crippen LogP contribution in [-0.2, 0) is 15.6 Å². The van der Waals surface area contributed by atoms with Gasteiger partial charge in [0.05, 0.1) is 5.41 Å². The molecule has 2 aliphatic rings. The maximum atomic E-state index is 12.2. The Kier molecular flexibility index (Phi) is 14.9. The van der Waals surface area contributed by atoms with Crippen molar-refractivity contribution in [3.63, 3.8) is 0 Å². The van der Waals surface area contributed by atoms with Gasteiger partial charge in [-0.2, -0.15) is 4.58 Å². The molecule has 2 aromatic carbocycles. The number of amides is 1. The van der Waals surface area contributed by atoms with Crippen molar-refractivity contribution in [1.29, 1.82) is 0 Å². The van der Waals surface area contributed by atoms with E-state index < -0.39 is 0 Å². The first-order chi connectivity index (χ1) is 22.2. The largest absolute Gasteiger partial charge is 1.00 e. The zero-order valence-electron chi connectivity index (χ0n) is 29.4. The number of hydrogen-bond donors (Lipinski definition) is 2. The third-order valence-electron chi connectivity index (χ3n) is 9.53. The summed E-state index contributed by atoms with van der Waals surface area (Å²) in [6.45, 7) is 15.0. The minimum Gasteiger partial charge on any atom is -1.00 e. The van der Waals surface area contributed by atoms with Gasteiger partial charge in [0.15, 0.2) is 5.71 Å². The molecular weight excluding hydrogens is 644 g/mol. The summed E-state index contributed by atoms with van der Waals surface area (Å²) in [5, 5.41) is 3.02. The number of fused-ring (bicyclic) bond motifs is 2. The van der Waals surface area contributed by atoms with Crippen LogP contribution in [0.2, 0.25) is 0 Å². The number of benzene rings is 2. The second-order valence-corrected chi connectivity index (χ2v) is 13.7. The highest BCUT2D eigenvalue weighted by Crippen LogP contribution is 2.47. The molecule has 3 N–H and O–H groups in total. The number of unbranched alkanes of at least 4 members (excludes halogenated alkanes) is 4. The molecule has 0 bridgehead atoms. The van der Waals surface area contributed by atoms with E-state index in [1.54, 1.807) is 0 Å². The normalized spacial score (nSPS) is 17.2. The Labute approximate surface area is 295 Å². The smallest absolute Gasteiger partial charge is 0.219 e. The highest BCUT2D eigenvalue weighted by molar-refractivity contribution is 6.03. The van der Waals surface area contributed by atoms with Crippen molar-refractivity contribution in [2.45, 2.75) is 96.8 Å². The number of nitrogens with one attached hydrogen (secondary N) is 1.